The van der Waals surface area contributed by atoms with Gasteiger partial charge in [0.25, 0.3) is 0 Å². The quantitative estimate of drug-likeness (QED) is 0.851. The summed E-state index contributed by atoms with van der Waals surface area (Å²) >= 11 is 0. The summed E-state index contributed by atoms with van der Waals surface area (Å²) in [6.07, 6.45) is 4.22. The van der Waals surface area contributed by atoms with Crippen LogP contribution in [0.1, 0.15) is 23.7 Å². The van der Waals surface area contributed by atoms with Crippen LogP contribution in [0.5, 0.6) is 0 Å². The number of aromatic nitrogens is 1. The summed E-state index contributed by atoms with van der Waals surface area (Å²) in [4.78, 5) is 15.0. The Balaban J connectivity index is 2.11. The number of carbonyl (C=O) groups is 1. The average Bonchev–Trinajstić information content (AvgIpc) is 2.42. The van der Waals surface area contributed by atoms with Gasteiger partial charge in [-0.25, -0.2) is 4.79 Å². The molecule has 3 nitrogen and oxygen atoms in total. The molecule has 0 aliphatic carbocycles. The number of nitrogens with zero attached hydrogens (tertiary/aromatic N) is 1. The summed E-state index contributed by atoms with van der Waals surface area (Å²) in [6.45, 7) is 1.59. The molecule has 0 unspecified atom stereocenters. The molecule has 1 heterocycles. The summed E-state index contributed by atoms with van der Waals surface area (Å²) in [5.74, 6) is -0.891. The molecule has 1 aromatic heterocycles. The Morgan fingerprint density at radius 2 is 1.95 bits per heavy atom. The fraction of sp³-hybridized carbons (Fsp3) is 0.125. The van der Waals surface area contributed by atoms with E-state index in [1.165, 1.54) is 0 Å². The molecular weight excluding hydrogens is 238 g/mol. The minimum absolute atomic E-state index is 0.331. The monoisotopic (exact) mass is 253 g/mol. The molecule has 0 spiro atoms. The van der Waals surface area contributed by atoms with E-state index in [-0.39, 0.29) is 0 Å². The van der Waals surface area contributed by atoms with Crippen molar-refractivity contribution in [1.29, 1.82) is 0 Å². The second kappa shape index (κ2) is 5.96. The normalized spacial score (nSPS) is 11.3. The molecule has 96 valence electrons. The van der Waals surface area contributed by atoms with Gasteiger partial charge in [0.05, 0.1) is 0 Å². The Morgan fingerprint density at radius 3 is 2.53 bits per heavy atom. The van der Waals surface area contributed by atoms with Gasteiger partial charge in [0.1, 0.15) is 0 Å². The first-order chi connectivity index (χ1) is 9.15. The number of carboxylic acid groups (broad SMARTS) is 1. The van der Waals surface area contributed by atoms with Gasteiger partial charge in [0, 0.05) is 23.9 Å². The minimum atomic E-state index is -0.891. The highest BCUT2D eigenvalue weighted by molar-refractivity contribution is 5.91. The number of aliphatic carboxylic acids is 1. The predicted molar refractivity (Wildman–Crippen MR) is 74.8 cm³/mol. The van der Waals surface area contributed by atoms with Crippen molar-refractivity contribution in [3.63, 3.8) is 0 Å². The molecule has 0 saturated carbocycles. The zero-order valence-corrected chi connectivity index (χ0v) is 10.7. The van der Waals surface area contributed by atoms with E-state index in [2.05, 4.69) is 4.98 Å². The molecule has 19 heavy (non-hydrogen) atoms. The van der Waals surface area contributed by atoms with E-state index < -0.39 is 5.97 Å². The average molecular weight is 253 g/mol. The smallest absolute Gasteiger partial charge is 0.331 e. The van der Waals surface area contributed by atoms with Gasteiger partial charge in [-0.15, -0.1) is 0 Å². The van der Waals surface area contributed by atoms with Crippen LogP contribution < -0.4 is 0 Å². The van der Waals surface area contributed by atoms with Crippen LogP contribution in [-0.2, 0) is 11.2 Å². The summed E-state index contributed by atoms with van der Waals surface area (Å²) in [5.41, 5.74) is 3.40. The molecule has 0 aliphatic heterocycles. The highest BCUT2D eigenvalue weighted by Gasteiger charge is 2.00. The van der Waals surface area contributed by atoms with Crippen molar-refractivity contribution in [3.05, 3.63) is 71.1 Å². The Kier molecular flexibility index (Phi) is 4.08. The van der Waals surface area contributed by atoms with Crippen molar-refractivity contribution in [2.45, 2.75) is 13.3 Å². The van der Waals surface area contributed by atoms with E-state index in [1.54, 1.807) is 19.2 Å². The van der Waals surface area contributed by atoms with Crippen LogP contribution in [0.15, 0.2) is 54.2 Å². The topological polar surface area (TPSA) is 50.2 Å². The van der Waals surface area contributed by atoms with Gasteiger partial charge in [-0.05, 0) is 36.3 Å². The number of hydrogen-bond acceptors (Lipinski definition) is 2. The SMILES string of the molecule is C/C(=C\c1ccc(Cc2ccccn2)cc1)C(=O)O. The van der Waals surface area contributed by atoms with Crippen LogP contribution in [-0.4, -0.2) is 16.1 Å². The first-order valence-corrected chi connectivity index (χ1v) is 6.05. The number of carboxylic acids is 1. The molecular formula is C16H15NO2. The Morgan fingerprint density at radius 1 is 1.21 bits per heavy atom. The lowest BCUT2D eigenvalue weighted by molar-refractivity contribution is -0.132. The fourth-order valence-electron chi connectivity index (χ4n) is 1.76. The third-order valence-corrected chi connectivity index (χ3v) is 2.81. The molecule has 1 N–H and O–H groups in total. The van der Waals surface area contributed by atoms with Gasteiger partial charge in [0.15, 0.2) is 0 Å². The lowest BCUT2D eigenvalue weighted by Crippen LogP contribution is -1.95. The molecule has 0 radical (unpaired) electrons. The molecule has 0 amide bonds. The zero-order chi connectivity index (χ0) is 13.7. The Hall–Kier alpha value is -2.42. The molecule has 1 aromatic carbocycles. The Labute approximate surface area is 112 Å². The van der Waals surface area contributed by atoms with Gasteiger partial charge < -0.3 is 5.11 Å². The van der Waals surface area contributed by atoms with Crippen LogP contribution in [0.2, 0.25) is 0 Å². The summed E-state index contributed by atoms with van der Waals surface area (Å²) in [5, 5.41) is 8.82. The van der Waals surface area contributed by atoms with Crippen LogP contribution in [0.25, 0.3) is 6.08 Å². The van der Waals surface area contributed by atoms with E-state index in [0.29, 0.717) is 5.57 Å². The highest BCUT2D eigenvalue weighted by atomic mass is 16.4. The maximum absolute atomic E-state index is 10.7. The summed E-state index contributed by atoms with van der Waals surface area (Å²) < 4.78 is 0. The standard InChI is InChI=1S/C16H15NO2/c1-12(16(18)19)10-13-5-7-14(8-6-13)11-15-4-2-3-9-17-15/h2-10H,11H2,1H3,(H,18,19)/b12-10+. The maximum atomic E-state index is 10.7. The van der Waals surface area contributed by atoms with Crippen LogP contribution in [0, 0.1) is 0 Å². The van der Waals surface area contributed by atoms with Crippen LogP contribution in [0.3, 0.4) is 0 Å². The molecule has 0 atom stereocenters. The van der Waals surface area contributed by atoms with Crippen LogP contribution >= 0.6 is 0 Å². The molecule has 0 fully saturated rings. The van der Waals surface area contributed by atoms with Crippen LogP contribution in [0.4, 0.5) is 0 Å². The zero-order valence-electron chi connectivity index (χ0n) is 10.7. The van der Waals surface area contributed by atoms with E-state index >= 15 is 0 Å². The van der Waals surface area contributed by atoms with Gasteiger partial charge in [-0.2, -0.15) is 0 Å². The molecule has 2 aromatic rings. The van der Waals surface area contributed by atoms with Gasteiger partial charge in [-0.1, -0.05) is 30.3 Å². The van der Waals surface area contributed by atoms with E-state index in [9.17, 15) is 4.79 Å². The van der Waals surface area contributed by atoms with Crippen molar-refractivity contribution in [2.75, 3.05) is 0 Å². The van der Waals surface area contributed by atoms with Crippen molar-refractivity contribution in [1.82, 2.24) is 4.98 Å². The summed E-state index contributed by atoms with van der Waals surface area (Å²) in [6, 6.07) is 13.7. The first kappa shape index (κ1) is 13.0. The number of hydrogen-bond donors (Lipinski definition) is 1. The molecule has 0 bridgehead atoms. The minimum Gasteiger partial charge on any atom is -0.478 e. The van der Waals surface area contributed by atoms with Crippen molar-refractivity contribution < 1.29 is 9.90 Å². The maximum Gasteiger partial charge on any atom is 0.331 e. The number of rotatable bonds is 4. The van der Waals surface area contributed by atoms with E-state index in [1.807, 2.05) is 42.5 Å². The summed E-state index contributed by atoms with van der Waals surface area (Å²) in [7, 11) is 0. The number of pyridine rings is 1. The lowest BCUT2D eigenvalue weighted by atomic mass is 10.1. The van der Waals surface area contributed by atoms with E-state index in [0.717, 1.165) is 23.2 Å². The largest absolute Gasteiger partial charge is 0.478 e. The first-order valence-electron chi connectivity index (χ1n) is 6.05. The van der Waals surface area contributed by atoms with Crippen molar-refractivity contribution in [3.8, 4) is 0 Å². The van der Waals surface area contributed by atoms with E-state index in [4.69, 9.17) is 5.11 Å². The Bertz CT molecular complexity index is 586. The second-order valence-corrected chi connectivity index (χ2v) is 4.37. The second-order valence-electron chi connectivity index (χ2n) is 4.37. The molecule has 0 aliphatic rings. The van der Waals surface area contributed by atoms with Crippen molar-refractivity contribution >= 4 is 12.0 Å². The highest BCUT2D eigenvalue weighted by Crippen LogP contribution is 2.12. The predicted octanol–water partition coefficient (Wildman–Crippen LogP) is 3.16. The third kappa shape index (κ3) is 3.78. The fourth-order valence-corrected chi connectivity index (χ4v) is 1.76. The molecule has 3 heteroatoms. The van der Waals surface area contributed by atoms with Crippen molar-refractivity contribution in [2.24, 2.45) is 0 Å². The lowest BCUT2D eigenvalue weighted by Gasteiger charge is -2.02. The number of benzene rings is 1. The van der Waals surface area contributed by atoms with Gasteiger partial charge in [-0.3, -0.25) is 4.98 Å². The molecule has 0 saturated heterocycles. The third-order valence-electron chi connectivity index (χ3n) is 2.81. The molecule has 2 rings (SSSR count). The van der Waals surface area contributed by atoms with Gasteiger partial charge >= 0.3 is 5.97 Å². The van der Waals surface area contributed by atoms with Gasteiger partial charge in [0.2, 0.25) is 0 Å².